The number of nitrogens with two attached hydrogens (primary N) is 2. The van der Waals surface area contributed by atoms with E-state index in [0.29, 0.717) is 25.9 Å². The van der Waals surface area contributed by atoms with Gasteiger partial charge in [0, 0.05) is 13.0 Å². The van der Waals surface area contributed by atoms with E-state index in [-0.39, 0.29) is 31.7 Å². The van der Waals surface area contributed by atoms with Crippen molar-refractivity contribution in [3.8, 4) is 0 Å². The minimum atomic E-state index is -1.48. The lowest BCUT2D eigenvalue weighted by Gasteiger charge is -2.26. The standard InChI is InChI=1S/C26H48N8O9/c1-14(21(37)26(42)43-5)30-23(39)18(9-12-28)33-22(38)15(2)31-25(41)20(16(3)35)34-24(40)17(8-6-7-11-27)32-19(36)10-13-29-4/h14-18,20,29,35H,6-13,27-28H2,1-5H3,(H,30,39)(H,31,41)(H,32,36)(H,33,38)(H,34,40). The summed E-state index contributed by atoms with van der Waals surface area (Å²) >= 11 is 0. The third-order valence-corrected chi connectivity index (χ3v) is 6.24. The Morgan fingerprint density at radius 1 is 0.721 bits per heavy atom. The van der Waals surface area contributed by atoms with Crippen molar-refractivity contribution in [2.75, 3.05) is 33.8 Å². The Morgan fingerprint density at radius 3 is 1.84 bits per heavy atom. The molecule has 0 aromatic rings. The van der Waals surface area contributed by atoms with Gasteiger partial charge in [0.25, 0.3) is 5.78 Å². The van der Waals surface area contributed by atoms with Gasteiger partial charge < -0.3 is 53.2 Å². The molecule has 246 valence electrons. The van der Waals surface area contributed by atoms with E-state index in [1.54, 1.807) is 7.05 Å². The highest BCUT2D eigenvalue weighted by molar-refractivity contribution is 6.35. The highest BCUT2D eigenvalue weighted by Gasteiger charge is 2.32. The zero-order valence-corrected chi connectivity index (χ0v) is 25.5. The predicted molar refractivity (Wildman–Crippen MR) is 155 cm³/mol. The van der Waals surface area contributed by atoms with Crippen LogP contribution in [0.1, 0.15) is 52.9 Å². The van der Waals surface area contributed by atoms with Crippen molar-refractivity contribution in [1.82, 2.24) is 31.9 Å². The molecule has 0 aliphatic carbocycles. The number of aliphatic hydroxyl groups is 1. The van der Waals surface area contributed by atoms with Crippen LogP contribution in [-0.4, -0.2) is 116 Å². The van der Waals surface area contributed by atoms with Gasteiger partial charge in [-0.15, -0.1) is 0 Å². The zero-order valence-electron chi connectivity index (χ0n) is 25.5. The number of carbonyl (C=O) groups excluding carboxylic acids is 7. The number of ether oxygens (including phenoxy) is 1. The van der Waals surface area contributed by atoms with Crippen molar-refractivity contribution in [2.45, 2.75) is 89.2 Å². The lowest BCUT2D eigenvalue weighted by atomic mass is 10.1. The molecule has 0 aliphatic rings. The molecule has 0 bridgehead atoms. The first-order valence-electron chi connectivity index (χ1n) is 14.1. The van der Waals surface area contributed by atoms with Gasteiger partial charge in [-0.1, -0.05) is 0 Å². The van der Waals surface area contributed by atoms with Crippen molar-refractivity contribution in [3.05, 3.63) is 0 Å². The number of hydrogen-bond donors (Lipinski definition) is 9. The number of ketones is 1. The van der Waals surface area contributed by atoms with Crippen LogP contribution in [0.25, 0.3) is 0 Å². The smallest absolute Gasteiger partial charge is 0.376 e. The summed E-state index contributed by atoms with van der Waals surface area (Å²) in [6.07, 6.45) is 0.0797. The van der Waals surface area contributed by atoms with E-state index in [0.717, 1.165) is 7.11 Å². The number of Topliss-reactive ketones (excluding diaryl/α,β-unsaturated/α-hetero) is 1. The molecular weight excluding hydrogens is 568 g/mol. The van der Waals surface area contributed by atoms with Crippen molar-refractivity contribution < 1.29 is 43.4 Å². The predicted octanol–water partition coefficient (Wildman–Crippen LogP) is -4.34. The van der Waals surface area contributed by atoms with Crippen LogP contribution in [0.15, 0.2) is 0 Å². The molecule has 17 heteroatoms. The molecule has 0 rings (SSSR count). The summed E-state index contributed by atoms with van der Waals surface area (Å²) in [5.74, 6) is -5.74. The Balaban J connectivity index is 5.43. The Hall–Kier alpha value is -3.67. The summed E-state index contributed by atoms with van der Waals surface area (Å²) in [5, 5.41) is 25.2. The van der Waals surface area contributed by atoms with Crippen LogP contribution >= 0.6 is 0 Å². The minimum Gasteiger partial charge on any atom is -0.463 e. The van der Waals surface area contributed by atoms with Crippen LogP contribution in [0.3, 0.4) is 0 Å². The fourth-order valence-corrected chi connectivity index (χ4v) is 3.68. The van der Waals surface area contributed by atoms with Gasteiger partial charge in [-0.05, 0) is 66.6 Å². The third kappa shape index (κ3) is 14.9. The van der Waals surface area contributed by atoms with Gasteiger partial charge in [0.15, 0.2) is 0 Å². The molecule has 0 aliphatic heterocycles. The molecule has 0 saturated heterocycles. The molecule has 6 unspecified atom stereocenters. The average Bonchev–Trinajstić information content (AvgIpc) is 2.96. The number of unbranched alkanes of at least 4 members (excludes halogenated alkanes) is 1. The monoisotopic (exact) mass is 616 g/mol. The maximum atomic E-state index is 13.0. The first kappa shape index (κ1) is 39.3. The van der Waals surface area contributed by atoms with E-state index < -0.39 is 71.7 Å². The van der Waals surface area contributed by atoms with Crippen molar-refractivity contribution in [3.63, 3.8) is 0 Å². The molecule has 43 heavy (non-hydrogen) atoms. The van der Waals surface area contributed by atoms with E-state index in [2.05, 4.69) is 36.6 Å². The highest BCUT2D eigenvalue weighted by Crippen LogP contribution is 2.04. The van der Waals surface area contributed by atoms with Gasteiger partial charge in [0.05, 0.1) is 19.3 Å². The maximum absolute atomic E-state index is 13.0. The molecule has 0 aromatic carbocycles. The minimum absolute atomic E-state index is 0.0213. The molecule has 0 heterocycles. The summed E-state index contributed by atoms with van der Waals surface area (Å²) < 4.78 is 4.34. The number of nitrogens with one attached hydrogen (secondary N) is 6. The number of amides is 5. The van der Waals surface area contributed by atoms with Crippen LogP contribution in [0.5, 0.6) is 0 Å². The lowest BCUT2D eigenvalue weighted by Crippen LogP contribution is -2.60. The van der Waals surface area contributed by atoms with Crippen LogP contribution < -0.4 is 43.4 Å². The molecule has 0 saturated carbocycles. The van der Waals surface area contributed by atoms with Crippen LogP contribution in [0.4, 0.5) is 0 Å². The Kier molecular flexibility index (Phi) is 19.3. The second-order valence-electron chi connectivity index (χ2n) is 9.94. The first-order chi connectivity index (χ1) is 20.2. The van der Waals surface area contributed by atoms with E-state index in [1.807, 2.05) is 0 Å². The van der Waals surface area contributed by atoms with Crippen molar-refractivity contribution >= 4 is 41.3 Å². The Morgan fingerprint density at radius 2 is 1.30 bits per heavy atom. The highest BCUT2D eigenvalue weighted by atomic mass is 16.5. The van der Waals surface area contributed by atoms with E-state index in [9.17, 15) is 38.7 Å². The zero-order chi connectivity index (χ0) is 33.1. The number of rotatable bonds is 21. The fourth-order valence-electron chi connectivity index (χ4n) is 3.68. The van der Waals surface area contributed by atoms with Gasteiger partial charge in [-0.2, -0.15) is 0 Å². The largest absolute Gasteiger partial charge is 0.463 e. The van der Waals surface area contributed by atoms with Crippen molar-refractivity contribution in [1.29, 1.82) is 0 Å². The van der Waals surface area contributed by atoms with E-state index in [4.69, 9.17) is 11.5 Å². The second-order valence-corrected chi connectivity index (χ2v) is 9.94. The number of esters is 1. The van der Waals surface area contributed by atoms with Gasteiger partial charge in [0.2, 0.25) is 29.5 Å². The lowest BCUT2D eigenvalue weighted by molar-refractivity contribution is -0.152. The average molecular weight is 617 g/mol. The van der Waals surface area contributed by atoms with Crippen molar-refractivity contribution in [2.24, 2.45) is 11.5 Å². The summed E-state index contributed by atoms with van der Waals surface area (Å²) in [7, 11) is 2.69. The Labute approximate surface area is 251 Å². The van der Waals surface area contributed by atoms with Gasteiger partial charge >= 0.3 is 5.97 Å². The van der Waals surface area contributed by atoms with E-state index in [1.165, 1.54) is 20.8 Å². The van der Waals surface area contributed by atoms with Crippen LogP contribution in [0.2, 0.25) is 0 Å². The van der Waals surface area contributed by atoms with Gasteiger partial charge in [-0.25, -0.2) is 4.79 Å². The maximum Gasteiger partial charge on any atom is 0.376 e. The molecule has 0 spiro atoms. The van der Waals surface area contributed by atoms with Gasteiger partial charge in [0.1, 0.15) is 24.2 Å². The summed E-state index contributed by atoms with van der Waals surface area (Å²) in [6.45, 7) is 4.60. The molecule has 5 amide bonds. The quantitative estimate of drug-likeness (QED) is 0.0336. The van der Waals surface area contributed by atoms with Gasteiger partial charge in [-0.3, -0.25) is 28.8 Å². The summed E-state index contributed by atoms with van der Waals surface area (Å²) in [4.78, 5) is 87.1. The molecule has 0 fully saturated rings. The topological polar surface area (TPSA) is 273 Å². The molecule has 6 atom stereocenters. The summed E-state index contributed by atoms with van der Waals surface area (Å²) in [6, 6.07) is -6.17. The molecule has 0 radical (unpaired) electrons. The SMILES string of the molecule is CNCCC(=O)NC(CCCCN)C(=O)NC(C(=O)NC(C)C(=O)NC(CCN)C(=O)NC(C)C(=O)C(=O)OC)C(C)O. The fraction of sp³-hybridized carbons (Fsp3) is 0.731. The molecular formula is C26H48N8O9. The third-order valence-electron chi connectivity index (χ3n) is 6.24. The molecule has 17 nitrogen and oxygen atoms in total. The Bertz CT molecular complexity index is 963. The molecule has 0 aromatic heterocycles. The summed E-state index contributed by atoms with van der Waals surface area (Å²) in [5.41, 5.74) is 11.1. The number of methoxy groups -OCH3 is 1. The number of hydrogen-bond acceptors (Lipinski definition) is 12. The van der Waals surface area contributed by atoms with Crippen LogP contribution in [-0.2, 0) is 38.3 Å². The normalized spacial score (nSPS) is 15.0. The molecule has 11 N–H and O–H groups in total. The van der Waals surface area contributed by atoms with Crippen LogP contribution in [0, 0.1) is 0 Å². The number of aliphatic hydroxyl groups excluding tert-OH is 1. The first-order valence-corrected chi connectivity index (χ1v) is 14.1. The number of carbonyl (C=O) groups is 7. The van der Waals surface area contributed by atoms with E-state index >= 15 is 0 Å². The second kappa shape index (κ2) is 21.1.